The molecule has 8 nitrogen and oxygen atoms in total. The highest BCUT2D eigenvalue weighted by Crippen LogP contribution is 2.24. The first kappa shape index (κ1) is 23.5. The summed E-state index contributed by atoms with van der Waals surface area (Å²) in [5, 5.41) is 2.52. The lowest BCUT2D eigenvalue weighted by Gasteiger charge is -2.24. The maximum absolute atomic E-state index is 12.9. The molecule has 0 aromatic heterocycles. The van der Waals surface area contributed by atoms with Gasteiger partial charge >= 0.3 is 0 Å². The SMILES string of the molecule is COC(CCOc1ccccc1)C(C(C)=O)C(=O)Nc1ccccc1S(=O)(=O)OC. The number of ether oxygens (including phenoxy) is 2. The number of para-hydroxylation sites is 2. The zero-order valence-electron chi connectivity index (χ0n) is 17.0. The summed E-state index contributed by atoms with van der Waals surface area (Å²) >= 11 is 0. The van der Waals surface area contributed by atoms with Crippen LogP contribution in [0.4, 0.5) is 5.69 Å². The number of benzene rings is 2. The molecule has 30 heavy (non-hydrogen) atoms. The van der Waals surface area contributed by atoms with Crippen molar-refractivity contribution in [3.05, 3.63) is 54.6 Å². The van der Waals surface area contributed by atoms with Gasteiger partial charge in [-0.15, -0.1) is 0 Å². The van der Waals surface area contributed by atoms with Crippen molar-refractivity contribution in [1.82, 2.24) is 0 Å². The van der Waals surface area contributed by atoms with Crippen molar-refractivity contribution in [2.24, 2.45) is 5.92 Å². The van der Waals surface area contributed by atoms with E-state index in [-0.39, 0.29) is 23.6 Å². The van der Waals surface area contributed by atoms with Crippen LogP contribution in [-0.2, 0) is 28.6 Å². The minimum Gasteiger partial charge on any atom is -0.493 e. The molecular formula is C21H25NO7S. The molecule has 0 bridgehead atoms. The largest absolute Gasteiger partial charge is 0.493 e. The predicted molar refractivity (Wildman–Crippen MR) is 111 cm³/mol. The Bertz CT molecular complexity index is 960. The third-order valence-corrected chi connectivity index (χ3v) is 5.78. The van der Waals surface area contributed by atoms with E-state index in [0.29, 0.717) is 5.75 Å². The van der Waals surface area contributed by atoms with Gasteiger partial charge in [-0.25, -0.2) is 0 Å². The Balaban J connectivity index is 2.15. The minimum atomic E-state index is -4.04. The van der Waals surface area contributed by atoms with E-state index in [1.54, 1.807) is 18.2 Å². The van der Waals surface area contributed by atoms with Crippen molar-refractivity contribution in [2.75, 3.05) is 26.1 Å². The molecular weight excluding hydrogens is 410 g/mol. The molecule has 1 N–H and O–H groups in total. The van der Waals surface area contributed by atoms with Crippen LogP contribution >= 0.6 is 0 Å². The van der Waals surface area contributed by atoms with Gasteiger partial charge in [-0.1, -0.05) is 30.3 Å². The van der Waals surface area contributed by atoms with Gasteiger partial charge in [0, 0.05) is 13.5 Å². The lowest BCUT2D eigenvalue weighted by molar-refractivity contribution is -0.136. The molecule has 2 aromatic carbocycles. The summed E-state index contributed by atoms with van der Waals surface area (Å²) in [6.45, 7) is 1.51. The Morgan fingerprint density at radius 2 is 1.63 bits per heavy atom. The third kappa shape index (κ3) is 6.12. The topological polar surface area (TPSA) is 108 Å². The van der Waals surface area contributed by atoms with Gasteiger partial charge in [0.1, 0.15) is 22.3 Å². The Morgan fingerprint density at radius 1 is 1.00 bits per heavy atom. The Hall–Kier alpha value is -2.75. The number of carbonyl (C=O) groups is 2. The second-order valence-corrected chi connectivity index (χ2v) is 8.10. The number of nitrogens with one attached hydrogen (secondary N) is 1. The summed E-state index contributed by atoms with van der Waals surface area (Å²) in [6.07, 6.45) is -0.474. The average Bonchev–Trinajstić information content (AvgIpc) is 2.73. The van der Waals surface area contributed by atoms with Crippen LogP contribution in [0.25, 0.3) is 0 Å². The zero-order chi connectivity index (χ0) is 22.1. The molecule has 0 saturated carbocycles. The van der Waals surface area contributed by atoms with Crippen molar-refractivity contribution in [1.29, 1.82) is 0 Å². The molecule has 2 rings (SSSR count). The normalized spacial score (nSPS) is 13.3. The fraction of sp³-hybridized carbons (Fsp3) is 0.333. The fourth-order valence-corrected chi connectivity index (χ4v) is 3.75. The molecule has 9 heteroatoms. The monoisotopic (exact) mass is 435 g/mol. The number of methoxy groups -OCH3 is 1. The van der Waals surface area contributed by atoms with Crippen molar-refractivity contribution in [2.45, 2.75) is 24.3 Å². The molecule has 0 aliphatic rings. The van der Waals surface area contributed by atoms with Gasteiger partial charge in [-0.05, 0) is 31.2 Å². The van der Waals surface area contributed by atoms with Gasteiger partial charge in [-0.2, -0.15) is 8.42 Å². The number of Topliss-reactive ketones (excluding diaryl/α,β-unsaturated/α-hetero) is 1. The first-order valence-electron chi connectivity index (χ1n) is 9.21. The molecule has 0 spiro atoms. The molecule has 0 saturated heterocycles. The molecule has 0 fully saturated rings. The van der Waals surface area contributed by atoms with Crippen LogP contribution in [0.5, 0.6) is 5.75 Å². The van der Waals surface area contributed by atoms with E-state index in [4.69, 9.17) is 9.47 Å². The highest BCUT2D eigenvalue weighted by atomic mass is 32.2. The first-order chi connectivity index (χ1) is 14.3. The van der Waals surface area contributed by atoms with Crippen LogP contribution in [0.15, 0.2) is 59.5 Å². The molecule has 2 atom stereocenters. The van der Waals surface area contributed by atoms with E-state index in [1.807, 2.05) is 18.2 Å². The number of amides is 1. The molecule has 0 aliphatic carbocycles. The van der Waals surface area contributed by atoms with E-state index < -0.39 is 33.8 Å². The van der Waals surface area contributed by atoms with E-state index >= 15 is 0 Å². The number of ketones is 1. The standard InChI is InChI=1S/C21H25NO7S/c1-15(23)20(18(27-2)13-14-29-16-9-5-4-6-10-16)21(24)22-17-11-7-8-12-19(17)30(25,26)28-3/h4-12,18,20H,13-14H2,1-3H3,(H,22,24). The van der Waals surface area contributed by atoms with Crippen LogP contribution in [0.1, 0.15) is 13.3 Å². The van der Waals surface area contributed by atoms with Crippen molar-refractivity contribution in [3.8, 4) is 5.75 Å². The minimum absolute atomic E-state index is 0.0194. The Kier molecular flexibility index (Phi) is 8.52. The third-order valence-electron chi connectivity index (χ3n) is 4.44. The van der Waals surface area contributed by atoms with E-state index in [1.165, 1.54) is 32.2 Å². The molecule has 162 valence electrons. The molecule has 1 amide bonds. The van der Waals surface area contributed by atoms with E-state index in [9.17, 15) is 18.0 Å². The molecule has 2 unspecified atom stereocenters. The summed E-state index contributed by atoms with van der Waals surface area (Å²) < 4.78 is 39.7. The second-order valence-electron chi connectivity index (χ2n) is 6.42. The summed E-state index contributed by atoms with van der Waals surface area (Å²) in [5.41, 5.74) is 0.0194. The number of hydrogen-bond acceptors (Lipinski definition) is 7. The molecule has 0 aliphatic heterocycles. The van der Waals surface area contributed by atoms with Crippen LogP contribution in [0, 0.1) is 5.92 Å². The maximum Gasteiger partial charge on any atom is 0.298 e. The van der Waals surface area contributed by atoms with Gasteiger partial charge in [0.15, 0.2) is 0 Å². The predicted octanol–water partition coefficient (Wildman–Crippen LogP) is 2.65. The van der Waals surface area contributed by atoms with Crippen LogP contribution < -0.4 is 10.1 Å². The lowest BCUT2D eigenvalue weighted by Crippen LogP contribution is -2.39. The van der Waals surface area contributed by atoms with Gasteiger partial charge < -0.3 is 14.8 Å². The summed E-state index contributed by atoms with van der Waals surface area (Å²) in [4.78, 5) is 24.9. The first-order valence-corrected chi connectivity index (χ1v) is 10.6. The van der Waals surface area contributed by atoms with Crippen molar-refractivity contribution >= 4 is 27.5 Å². The zero-order valence-corrected chi connectivity index (χ0v) is 17.8. The number of carbonyl (C=O) groups excluding carboxylic acids is 2. The van der Waals surface area contributed by atoms with Crippen LogP contribution in [-0.4, -0.2) is 47.0 Å². The van der Waals surface area contributed by atoms with E-state index in [0.717, 1.165) is 7.11 Å². The summed E-state index contributed by atoms with van der Waals surface area (Å²) in [5.74, 6) is -1.57. The van der Waals surface area contributed by atoms with Gasteiger partial charge in [0.2, 0.25) is 5.91 Å². The van der Waals surface area contributed by atoms with Gasteiger partial charge in [0.05, 0.1) is 25.5 Å². The molecule has 0 radical (unpaired) electrons. The molecule has 0 heterocycles. The highest BCUT2D eigenvalue weighted by molar-refractivity contribution is 7.87. The number of hydrogen-bond donors (Lipinski definition) is 1. The van der Waals surface area contributed by atoms with Crippen LogP contribution in [0.3, 0.4) is 0 Å². The quantitative estimate of drug-likeness (QED) is 0.427. The fourth-order valence-electron chi connectivity index (χ4n) is 2.93. The second kappa shape index (κ2) is 10.9. The molecule has 2 aromatic rings. The average molecular weight is 435 g/mol. The Morgan fingerprint density at radius 3 is 2.23 bits per heavy atom. The maximum atomic E-state index is 12.9. The highest BCUT2D eigenvalue weighted by Gasteiger charge is 2.33. The van der Waals surface area contributed by atoms with Gasteiger partial charge in [-0.3, -0.25) is 13.8 Å². The Labute approximate surface area is 176 Å². The summed E-state index contributed by atoms with van der Waals surface area (Å²) in [6, 6.07) is 14.9. The van der Waals surface area contributed by atoms with E-state index in [2.05, 4.69) is 9.50 Å². The summed E-state index contributed by atoms with van der Waals surface area (Å²) in [7, 11) is -1.61. The van der Waals surface area contributed by atoms with Crippen molar-refractivity contribution in [3.63, 3.8) is 0 Å². The lowest BCUT2D eigenvalue weighted by atomic mass is 9.94. The number of anilines is 1. The number of rotatable bonds is 11. The van der Waals surface area contributed by atoms with Crippen LogP contribution in [0.2, 0.25) is 0 Å². The smallest absolute Gasteiger partial charge is 0.298 e. The van der Waals surface area contributed by atoms with Gasteiger partial charge in [0.25, 0.3) is 10.1 Å². The van der Waals surface area contributed by atoms with Crippen molar-refractivity contribution < 1.29 is 31.7 Å².